The van der Waals surface area contributed by atoms with Gasteiger partial charge in [0.2, 0.25) is 0 Å². The van der Waals surface area contributed by atoms with Gasteiger partial charge in [-0.1, -0.05) is 18.2 Å². The number of carbonyl (C=O) groups is 1. The predicted octanol–water partition coefficient (Wildman–Crippen LogP) is 4.54. The summed E-state index contributed by atoms with van der Waals surface area (Å²) in [4.78, 5) is 25.3. The number of fused-ring (bicyclic) bond motifs is 2. The van der Waals surface area contributed by atoms with Crippen molar-refractivity contribution in [2.75, 3.05) is 6.61 Å². The highest BCUT2D eigenvalue weighted by molar-refractivity contribution is 9.10. The number of carbonyl (C=O) groups excluding carboxylic acids is 1. The maximum atomic E-state index is 13.0. The van der Waals surface area contributed by atoms with Crippen LogP contribution in [0.4, 0.5) is 8.78 Å². The number of alkyl halides is 2. The lowest BCUT2D eigenvalue weighted by atomic mass is 10.1. The van der Waals surface area contributed by atoms with Crippen LogP contribution in [0, 0.1) is 0 Å². The van der Waals surface area contributed by atoms with Crippen molar-refractivity contribution in [3.05, 3.63) is 63.1 Å². The molecule has 0 fully saturated rings. The molecule has 0 N–H and O–H groups in total. The molecule has 0 unspecified atom stereocenters. The summed E-state index contributed by atoms with van der Waals surface area (Å²) >= 11 is 3.32. The Morgan fingerprint density at radius 3 is 2.54 bits per heavy atom. The molecule has 2 aromatic heterocycles. The first-order valence-electron chi connectivity index (χ1n) is 10.8. The van der Waals surface area contributed by atoms with Gasteiger partial charge in [0.15, 0.2) is 0 Å². The molecule has 8 nitrogen and oxygen atoms in total. The van der Waals surface area contributed by atoms with E-state index in [1.165, 1.54) is 0 Å². The van der Waals surface area contributed by atoms with E-state index in [0.29, 0.717) is 31.8 Å². The number of hydrogen-bond donors (Lipinski definition) is 0. The van der Waals surface area contributed by atoms with Gasteiger partial charge in [0.05, 0.1) is 27.6 Å². The number of nitrogens with zero attached hydrogens (tertiary/aromatic N) is 4. The molecule has 0 atom stereocenters. The molecule has 0 aliphatic heterocycles. The SMILES string of the molecule is CC(C)(C)OC(=O)Cn1nc(Cn2cc3cc(OCC(F)F)c(Br)cc3n2)c2ccccc2c1=O. The Hall–Kier alpha value is -3.34. The van der Waals surface area contributed by atoms with Crippen LogP contribution >= 0.6 is 15.9 Å². The lowest BCUT2D eigenvalue weighted by Gasteiger charge is -2.19. The molecule has 0 saturated heterocycles. The van der Waals surface area contributed by atoms with Crippen LogP contribution in [0.2, 0.25) is 0 Å². The van der Waals surface area contributed by atoms with E-state index in [4.69, 9.17) is 9.47 Å². The van der Waals surface area contributed by atoms with Gasteiger partial charge in [0.1, 0.15) is 24.5 Å². The standard InChI is InChI=1S/C24H23BrF2N4O4/c1-24(2,3)35-22(32)12-31-23(33)16-7-5-4-6-15(16)19(29-31)11-30-10-14-8-20(34-13-21(26)27)17(25)9-18(14)28-30/h4-10,21H,11-13H2,1-3H3. The Labute approximate surface area is 207 Å². The van der Waals surface area contributed by atoms with Crippen LogP contribution in [0.5, 0.6) is 5.75 Å². The van der Waals surface area contributed by atoms with Crippen LogP contribution < -0.4 is 10.3 Å². The van der Waals surface area contributed by atoms with Gasteiger partial charge >= 0.3 is 5.97 Å². The molecule has 35 heavy (non-hydrogen) atoms. The van der Waals surface area contributed by atoms with Gasteiger partial charge in [-0.3, -0.25) is 14.3 Å². The number of halogens is 3. The Bertz CT molecular complexity index is 1460. The van der Waals surface area contributed by atoms with E-state index in [1.807, 2.05) is 0 Å². The van der Waals surface area contributed by atoms with Crippen molar-refractivity contribution in [3.63, 3.8) is 0 Å². The van der Waals surface area contributed by atoms with Crippen LogP contribution in [-0.2, 0) is 22.6 Å². The number of hydrogen-bond acceptors (Lipinski definition) is 6. The van der Waals surface area contributed by atoms with Gasteiger partial charge in [-0.15, -0.1) is 0 Å². The topological polar surface area (TPSA) is 88.2 Å². The molecule has 0 spiro atoms. The second kappa shape index (κ2) is 9.73. The molecule has 2 heterocycles. The summed E-state index contributed by atoms with van der Waals surface area (Å²) < 4.78 is 38.8. The summed E-state index contributed by atoms with van der Waals surface area (Å²) in [5.74, 6) is -0.286. The fourth-order valence-corrected chi connectivity index (χ4v) is 4.05. The largest absolute Gasteiger partial charge is 0.486 e. The zero-order chi connectivity index (χ0) is 25.3. The van der Waals surface area contributed by atoms with Gasteiger partial charge in [-0.25, -0.2) is 13.5 Å². The number of aromatic nitrogens is 4. The number of benzene rings is 2. The Balaban J connectivity index is 1.69. The lowest BCUT2D eigenvalue weighted by molar-refractivity contribution is -0.155. The monoisotopic (exact) mass is 548 g/mol. The highest BCUT2D eigenvalue weighted by Crippen LogP contribution is 2.30. The summed E-state index contributed by atoms with van der Waals surface area (Å²) in [6, 6.07) is 10.3. The molecule has 0 radical (unpaired) electrons. The molecule has 0 amide bonds. The van der Waals surface area contributed by atoms with Gasteiger partial charge in [0.25, 0.3) is 12.0 Å². The van der Waals surface area contributed by atoms with Crippen molar-refractivity contribution in [2.45, 2.75) is 45.9 Å². The van der Waals surface area contributed by atoms with Crippen molar-refractivity contribution in [1.29, 1.82) is 0 Å². The molecular formula is C24H23BrF2N4O4. The van der Waals surface area contributed by atoms with E-state index in [1.54, 1.807) is 68.0 Å². The quantitative estimate of drug-likeness (QED) is 0.315. The third-order valence-electron chi connectivity index (χ3n) is 4.93. The van der Waals surface area contributed by atoms with E-state index in [0.717, 1.165) is 4.68 Å². The van der Waals surface area contributed by atoms with Crippen LogP contribution in [-0.4, -0.2) is 44.2 Å². The molecule has 11 heteroatoms. The van der Waals surface area contributed by atoms with Crippen molar-refractivity contribution >= 4 is 43.6 Å². The van der Waals surface area contributed by atoms with E-state index in [-0.39, 0.29) is 18.8 Å². The summed E-state index contributed by atoms with van der Waals surface area (Å²) in [6.07, 6.45) is -0.854. The minimum Gasteiger partial charge on any atom is -0.486 e. The van der Waals surface area contributed by atoms with E-state index in [2.05, 4.69) is 26.1 Å². The van der Waals surface area contributed by atoms with Crippen LogP contribution in [0.15, 0.2) is 51.9 Å². The van der Waals surface area contributed by atoms with E-state index >= 15 is 0 Å². The first-order chi connectivity index (χ1) is 16.5. The van der Waals surface area contributed by atoms with Crippen LogP contribution in [0.3, 0.4) is 0 Å². The molecule has 0 aliphatic carbocycles. The Morgan fingerprint density at radius 1 is 1.14 bits per heavy atom. The van der Waals surface area contributed by atoms with Gasteiger partial charge in [0, 0.05) is 17.0 Å². The molecule has 2 aromatic carbocycles. The minimum atomic E-state index is -2.59. The average molecular weight is 549 g/mol. The zero-order valence-electron chi connectivity index (χ0n) is 19.3. The number of esters is 1. The van der Waals surface area contributed by atoms with Crippen molar-refractivity contribution < 1.29 is 23.0 Å². The summed E-state index contributed by atoms with van der Waals surface area (Å²) in [7, 11) is 0. The summed E-state index contributed by atoms with van der Waals surface area (Å²) in [6.45, 7) is 4.40. The second-order valence-electron chi connectivity index (χ2n) is 8.91. The molecule has 0 saturated carbocycles. The smallest absolute Gasteiger partial charge is 0.328 e. The van der Waals surface area contributed by atoms with E-state index < -0.39 is 30.2 Å². The number of ether oxygens (including phenoxy) is 2. The fourth-order valence-electron chi connectivity index (χ4n) is 3.60. The van der Waals surface area contributed by atoms with Gasteiger partial charge < -0.3 is 9.47 Å². The van der Waals surface area contributed by atoms with Crippen LogP contribution in [0.1, 0.15) is 26.5 Å². The maximum Gasteiger partial charge on any atom is 0.328 e. The van der Waals surface area contributed by atoms with E-state index in [9.17, 15) is 18.4 Å². The lowest BCUT2D eigenvalue weighted by Crippen LogP contribution is -2.32. The third-order valence-corrected chi connectivity index (χ3v) is 5.54. The predicted molar refractivity (Wildman–Crippen MR) is 130 cm³/mol. The van der Waals surface area contributed by atoms with Gasteiger partial charge in [-0.2, -0.15) is 10.2 Å². The molecule has 4 aromatic rings. The average Bonchev–Trinajstić information content (AvgIpc) is 3.14. The fraction of sp³-hybridized carbons (Fsp3) is 0.333. The van der Waals surface area contributed by atoms with Crippen molar-refractivity contribution in [1.82, 2.24) is 19.6 Å². The summed E-state index contributed by atoms with van der Waals surface area (Å²) in [5, 5.41) is 10.7. The normalized spacial score (nSPS) is 12.0. The van der Waals surface area contributed by atoms with Crippen LogP contribution in [0.25, 0.3) is 21.7 Å². The van der Waals surface area contributed by atoms with Crippen molar-refractivity contribution in [3.8, 4) is 5.75 Å². The molecule has 0 aliphatic rings. The summed E-state index contributed by atoms with van der Waals surface area (Å²) in [5.41, 5.74) is 0.0601. The minimum absolute atomic E-state index is 0.203. The third kappa shape index (κ3) is 5.84. The second-order valence-corrected chi connectivity index (χ2v) is 9.77. The molecule has 4 rings (SSSR count). The molecule has 184 valence electrons. The maximum absolute atomic E-state index is 13.0. The van der Waals surface area contributed by atoms with Gasteiger partial charge in [-0.05, 0) is 54.9 Å². The van der Waals surface area contributed by atoms with Crippen molar-refractivity contribution in [2.24, 2.45) is 0 Å². The first kappa shape index (κ1) is 24.8. The highest BCUT2D eigenvalue weighted by Gasteiger charge is 2.19. The molecular weight excluding hydrogens is 526 g/mol. The Morgan fingerprint density at radius 2 is 1.86 bits per heavy atom. The highest BCUT2D eigenvalue weighted by atomic mass is 79.9. The zero-order valence-corrected chi connectivity index (χ0v) is 20.9. The first-order valence-corrected chi connectivity index (χ1v) is 11.6. The number of rotatable bonds is 7. The molecule has 0 bridgehead atoms. The Kier molecular flexibility index (Phi) is 6.88.